The molecule has 0 saturated carbocycles. The molecule has 1 aromatic heterocycles. The molecule has 5 nitrogen and oxygen atoms in total. The molecule has 3 rings (SSSR count). The van der Waals surface area contributed by atoms with Gasteiger partial charge in [0.05, 0.1) is 12.2 Å². The molecule has 2 aromatic rings. The highest BCUT2D eigenvalue weighted by Gasteiger charge is 2.21. The largest absolute Gasteiger partial charge is 0.462 e. The van der Waals surface area contributed by atoms with Crippen molar-refractivity contribution >= 4 is 17.6 Å². The predicted molar refractivity (Wildman–Crippen MR) is 95.6 cm³/mol. The molecule has 0 atom stereocenters. The number of fused-ring (bicyclic) bond motifs is 1. The van der Waals surface area contributed by atoms with Crippen molar-refractivity contribution in [3.63, 3.8) is 0 Å². The summed E-state index contributed by atoms with van der Waals surface area (Å²) < 4.78 is 5.38. The lowest BCUT2D eigenvalue weighted by molar-refractivity contribution is -0.116. The molecule has 25 heavy (non-hydrogen) atoms. The van der Waals surface area contributed by atoms with Crippen LogP contribution in [0.5, 0.6) is 0 Å². The zero-order chi connectivity index (χ0) is 17.6. The zero-order valence-corrected chi connectivity index (χ0v) is 14.4. The number of aryl methyl sites for hydroxylation is 2. The Morgan fingerprint density at radius 1 is 1.20 bits per heavy atom. The van der Waals surface area contributed by atoms with Crippen LogP contribution in [0.1, 0.15) is 41.3 Å². The second-order valence-electron chi connectivity index (χ2n) is 6.21. The van der Waals surface area contributed by atoms with E-state index in [9.17, 15) is 9.59 Å². The summed E-state index contributed by atoms with van der Waals surface area (Å²) in [5.74, 6) is -0.273. The lowest BCUT2D eigenvalue weighted by Crippen LogP contribution is -2.33. The van der Waals surface area contributed by atoms with E-state index in [-0.39, 0.29) is 11.9 Å². The number of carbonyl (C=O) groups excluding carboxylic acids is 2. The van der Waals surface area contributed by atoms with Crippen LogP contribution in [0.25, 0.3) is 0 Å². The van der Waals surface area contributed by atoms with E-state index in [2.05, 4.69) is 4.98 Å². The van der Waals surface area contributed by atoms with Gasteiger partial charge in [-0.2, -0.15) is 0 Å². The lowest BCUT2D eigenvalue weighted by atomic mass is 9.99. The highest BCUT2D eigenvalue weighted by molar-refractivity contribution is 5.95. The number of ether oxygens (including phenoxy) is 1. The van der Waals surface area contributed by atoms with Crippen molar-refractivity contribution < 1.29 is 14.3 Å². The molecule has 0 radical (unpaired) electrons. The van der Waals surface area contributed by atoms with Gasteiger partial charge in [0.25, 0.3) is 0 Å². The van der Waals surface area contributed by atoms with Crippen LogP contribution in [-0.2, 0) is 22.4 Å². The summed E-state index contributed by atoms with van der Waals surface area (Å²) in [5, 5.41) is 0. The molecule has 0 fully saturated rings. The van der Waals surface area contributed by atoms with Gasteiger partial charge in [-0.05, 0) is 67.1 Å². The van der Waals surface area contributed by atoms with Gasteiger partial charge in [0.1, 0.15) is 0 Å². The van der Waals surface area contributed by atoms with E-state index >= 15 is 0 Å². The number of anilines is 1. The third-order valence-corrected chi connectivity index (χ3v) is 4.41. The molecule has 0 aliphatic carbocycles. The smallest absolute Gasteiger partial charge is 0.338 e. The maximum Gasteiger partial charge on any atom is 0.338 e. The summed E-state index contributed by atoms with van der Waals surface area (Å²) in [7, 11) is 0. The number of aromatic nitrogens is 1. The van der Waals surface area contributed by atoms with Crippen molar-refractivity contribution in [3.05, 3.63) is 59.4 Å². The van der Waals surface area contributed by atoms with Crippen LogP contribution in [0.15, 0.2) is 42.7 Å². The van der Waals surface area contributed by atoms with Crippen molar-refractivity contribution in [1.82, 2.24) is 4.98 Å². The molecule has 5 heteroatoms. The summed E-state index contributed by atoms with van der Waals surface area (Å²) in [5.41, 5.74) is 3.68. The Bertz CT molecular complexity index is 759. The minimum atomic E-state index is -0.308. The average molecular weight is 338 g/mol. The standard InChI is InChI=1S/C20H22N2O3/c1-15(23)22-12-2-5-17-14-18(6-7-19(17)22)20(24)25-13-3-4-16-8-10-21-11-9-16/h6-11,14H,2-5,12-13H2,1H3. The number of rotatable bonds is 5. The lowest BCUT2D eigenvalue weighted by Gasteiger charge is -2.28. The van der Waals surface area contributed by atoms with Crippen LogP contribution in [-0.4, -0.2) is 30.0 Å². The van der Waals surface area contributed by atoms with E-state index in [0.717, 1.165) is 43.5 Å². The number of nitrogens with zero attached hydrogens (tertiary/aromatic N) is 2. The first-order valence-corrected chi connectivity index (χ1v) is 8.62. The first-order chi connectivity index (χ1) is 12.1. The maximum absolute atomic E-state index is 12.2. The highest BCUT2D eigenvalue weighted by atomic mass is 16.5. The van der Waals surface area contributed by atoms with Gasteiger partial charge in [-0.1, -0.05) is 0 Å². The van der Waals surface area contributed by atoms with Crippen LogP contribution in [0, 0.1) is 0 Å². The van der Waals surface area contributed by atoms with Crippen LogP contribution in [0.3, 0.4) is 0 Å². The van der Waals surface area contributed by atoms with E-state index in [0.29, 0.717) is 12.2 Å². The molecule has 1 aromatic carbocycles. The average Bonchev–Trinajstić information content (AvgIpc) is 2.64. The summed E-state index contributed by atoms with van der Waals surface area (Å²) in [6.45, 7) is 2.69. The monoisotopic (exact) mass is 338 g/mol. The molecule has 1 amide bonds. The molecular weight excluding hydrogens is 316 g/mol. The Kier molecular flexibility index (Phi) is 5.43. The topological polar surface area (TPSA) is 59.5 Å². The Labute approximate surface area is 147 Å². The number of hydrogen-bond donors (Lipinski definition) is 0. The van der Waals surface area contributed by atoms with Gasteiger partial charge in [0.15, 0.2) is 0 Å². The van der Waals surface area contributed by atoms with Crippen LogP contribution in [0.4, 0.5) is 5.69 Å². The minimum absolute atomic E-state index is 0.0346. The molecule has 0 bridgehead atoms. The molecule has 1 aliphatic rings. The minimum Gasteiger partial charge on any atom is -0.462 e. The Morgan fingerprint density at radius 2 is 2.00 bits per heavy atom. The number of pyridine rings is 1. The summed E-state index contributed by atoms with van der Waals surface area (Å²) in [6, 6.07) is 9.38. The number of hydrogen-bond acceptors (Lipinski definition) is 4. The summed E-state index contributed by atoms with van der Waals surface area (Å²) in [4.78, 5) is 29.7. The molecular formula is C20H22N2O3. The second kappa shape index (κ2) is 7.92. The van der Waals surface area contributed by atoms with Crippen LogP contribution < -0.4 is 4.90 Å². The summed E-state index contributed by atoms with van der Waals surface area (Å²) in [6.07, 6.45) is 6.95. The Hall–Kier alpha value is -2.69. The number of esters is 1. The van der Waals surface area contributed by atoms with E-state index in [1.807, 2.05) is 24.3 Å². The fourth-order valence-electron chi connectivity index (χ4n) is 3.13. The van der Waals surface area contributed by atoms with Crippen molar-refractivity contribution in [3.8, 4) is 0 Å². The molecule has 2 heterocycles. The van der Waals surface area contributed by atoms with Gasteiger partial charge in [-0.15, -0.1) is 0 Å². The second-order valence-corrected chi connectivity index (χ2v) is 6.21. The van der Waals surface area contributed by atoms with Gasteiger partial charge < -0.3 is 9.64 Å². The Morgan fingerprint density at radius 3 is 2.76 bits per heavy atom. The number of amides is 1. The predicted octanol–water partition coefficient (Wildman–Crippen LogP) is 3.17. The van der Waals surface area contributed by atoms with Crippen molar-refractivity contribution in [2.24, 2.45) is 0 Å². The quantitative estimate of drug-likeness (QED) is 0.621. The van der Waals surface area contributed by atoms with E-state index in [4.69, 9.17) is 4.74 Å². The van der Waals surface area contributed by atoms with Gasteiger partial charge >= 0.3 is 5.97 Å². The van der Waals surface area contributed by atoms with E-state index < -0.39 is 0 Å². The molecule has 0 saturated heterocycles. The SMILES string of the molecule is CC(=O)N1CCCc2cc(C(=O)OCCCc3ccncc3)ccc21. The number of carbonyl (C=O) groups is 2. The first kappa shape index (κ1) is 17.1. The first-order valence-electron chi connectivity index (χ1n) is 8.62. The van der Waals surface area contributed by atoms with Crippen LogP contribution in [0.2, 0.25) is 0 Å². The van der Waals surface area contributed by atoms with Gasteiger partial charge in [-0.3, -0.25) is 9.78 Å². The van der Waals surface area contributed by atoms with Crippen molar-refractivity contribution in [1.29, 1.82) is 0 Å². The van der Waals surface area contributed by atoms with Crippen LogP contribution >= 0.6 is 0 Å². The Balaban J connectivity index is 1.56. The van der Waals surface area contributed by atoms with Gasteiger partial charge in [0.2, 0.25) is 5.91 Å². The highest BCUT2D eigenvalue weighted by Crippen LogP contribution is 2.28. The third-order valence-electron chi connectivity index (χ3n) is 4.41. The van der Waals surface area contributed by atoms with E-state index in [1.54, 1.807) is 30.3 Å². The normalized spacial score (nSPS) is 13.2. The summed E-state index contributed by atoms with van der Waals surface area (Å²) >= 11 is 0. The maximum atomic E-state index is 12.2. The number of benzene rings is 1. The van der Waals surface area contributed by atoms with Gasteiger partial charge in [-0.25, -0.2) is 4.79 Å². The fraction of sp³-hybridized carbons (Fsp3) is 0.350. The van der Waals surface area contributed by atoms with Crippen molar-refractivity contribution in [2.75, 3.05) is 18.1 Å². The molecule has 0 N–H and O–H groups in total. The van der Waals surface area contributed by atoms with Crippen molar-refractivity contribution in [2.45, 2.75) is 32.6 Å². The zero-order valence-electron chi connectivity index (χ0n) is 14.4. The van der Waals surface area contributed by atoms with E-state index in [1.165, 1.54) is 5.56 Å². The molecule has 130 valence electrons. The third kappa shape index (κ3) is 4.24. The fourth-order valence-corrected chi connectivity index (χ4v) is 3.13. The molecule has 0 spiro atoms. The molecule has 0 unspecified atom stereocenters. The molecule has 1 aliphatic heterocycles. The van der Waals surface area contributed by atoms with Gasteiger partial charge in [0, 0.05) is 31.5 Å².